The number of quaternary nitrogens is 1. The van der Waals surface area contributed by atoms with E-state index in [1.807, 2.05) is 61.3 Å². The van der Waals surface area contributed by atoms with Crippen LogP contribution in [0.1, 0.15) is 17.3 Å². The molecule has 6 heteroatoms. The summed E-state index contributed by atoms with van der Waals surface area (Å²) in [6.07, 6.45) is 0. The molecule has 0 radical (unpaired) electrons. The molecule has 1 heterocycles. The van der Waals surface area contributed by atoms with Crippen LogP contribution in [-0.4, -0.2) is 56.0 Å². The van der Waals surface area contributed by atoms with Crippen molar-refractivity contribution in [3.8, 4) is 0 Å². The number of likely N-dealkylation sites (N-methyl/N-ethyl adjacent to an activating group) is 1. The SMILES string of the molecule is C[C@H](C(=O)N(C)c1ccccc1)[NH+]1CCN(C(=O)c2ccccc2Cl)CC1. The fourth-order valence-corrected chi connectivity index (χ4v) is 3.70. The van der Waals surface area contributed by atoms with E-state index in [1.165, 1.54) is 4.90 Å². The van der Waals surface area contributed by atoms with Crippen molar-refractivity contribution in [2.24, 2.45) is 0 Å². The smallest absolute Gasteiger partial charge is 0.284 e. The van der Waals surface area contributed by atoms with Crippen LogP contribution in [-0.2, 0) is 4.79 Å². The fraction of sp³-hybridized carbons (Fsp3) is 0.333. The lowest BCUT2D eigenvalue weighted by molar-refractivity contribution is -0.917. The standard InChI is InChI=1S/C21H24ClN3O2/c1-16(20(26)23(2)17-8-4-3-5-9-17)24-12-14-25(15-13-24)21(27)18-10-6-7-11-19(18)22/h3-11,16H,12-15H2,1-2H3/p+1/t16-/m1/s1. The van der Waals surface area contributed by atoms with Crippen LogP contribution in [0.15, 0.2) is 54.6 Å². The molecule has 0 bridgehead atoms. The maximum absolute atomic E-state index is 12.8. The Labute approximate surface area is 165 Å². The van der Waals surface area contributed by atoms with Crippen LogP contribution in [0.25, 0.3) is 0 Å². The van der Waals surface area contributed by atoms with Crippen molar-refractivity contribution in [2.75, 3.05) is 38.1 Å². The molecule has 0 aromatic heterocycles. The molecule has 2 amide bonds. The third kappa shape index (κ3) is 4.31. The van der Waals surface area contributed by atoms with Gasteiger partial charge in [0.05, 0.1) is 36.8 Å². The number of carbonyl (C=O) groups excluding carboxylic acids is 2. The van der Waals surface area contributed by atoms with E-state index in [9.17, 15) is 9.59 Å². The number of hydrogen-bond donors (Lipinski definition) is 1. The second-order valence-electron chi connectivity index (χ2n) is 6.88. The number of anilines is 1. The fourth-order valence-electron chi connectivity index (χ4n) is 3.48. The predicted molar refractivity (Wildman–Crippen MR) is 107 cm³/mol. The molecule has 0 aliphatic carbocycles. The number of rotatable bonds is 4. The molecule has 0 saturated carbocycles. The number of benzene rings is 2. The Balaban J connectivity index is 1.59. The van der Waals surface area contributed by atoms with Crippen LogP contribution in [0.5, 0.6) is 0 Å². The largest absolute Gasteiger partial charge is 0.327 e. The van der Waals surface area contributed by atoms with Gasteiger partial charge in [-0.05, 0) is 31.2 Å². The Morgan fingerprint density at radius 3 is 2.26 bits per heavy atom. The summed E-state index contributed by atoms with van der Waals surface area (Å²) in [5.41, 5.74) is 1.43. The van der Waals surface area contributed by atoms with E-state index in [-0.39, 0.29) is 17.9 Å². The van der Waals surface area contributed by atoms with Gasteiger partial charge in [-0.3, -0.25) is 9.59 Å². The van der Waals surface area contributed by atoms with E-state index in [4.69, 9.17) is 11.6 Å². The van der Waals surface area contributed by atoms with Crippen molar-refractivity contribution in [2.45, 2.75) is 13.0 Å². The number of carbonyl (C=O) groups is 2. The van der Waals surface area contributed by atoms with E-state index in [0.717, 1.165) is 18.8 Å². The lowest BCUT2D eigenvalue weighted by Gasteiger charge is -2.36. The molecule has 1 aliphatic rings. The first kappa shape index (κ1) is 19.4. The Morgan fingerprint density at radius 2 is 1.63 bits per heavy atom. The van der Waals surface area contributed by atoms with Gasteiger partial charge in [0.25, 0.3) is 11.8 Å². The second-order valence-corrected chi connectivity index (χ2v) is 7.29. The minimum Gasteiger partial charge on any atom is -0.327 e. The van der Waals surface area contributed by atoms with Gasteiger partial charge in [-0.2, -0.15) is 0 Å². The molecule has 2 aromatic carbocycles. The van der Waals surface area contributed by atoms with Crippen LogP contribution < -0.4 is 9.80 Å². The number of hydrogen-bond acceptors (Lipinski definition) is 2. The summed E-state index contributed by atoms with van der Waals surface area (Å²) in [4.78, 5) is 30.2. The first-order chi connectivity index (χ1) is 13.0. The Hall–Kier alpha value is -2.37. The van der Waals surface area contributed by atoms with Gasteiger partial charge in [-0.1, -0.05) is 41.9 Å². The average Bonchev–Trinajstić information content (AvgIpc) is 2.73. The first-order valence-corrected chi connectivity index (χ1v) is 9.58. The molecule has 1 atom stereocenters. The van der Waals surface area contributed by atoms with Gasteiger partial charge < -0.3 is 14.7 Å². The average molecular weight is 387 g/mol. The van der Waals surface area contributed by atoms with Crippen molar-refractivity contribution in [1.82, 2.24) is 4.90 Å². The van der Waals surface area contributed by atoms with E-state index >= 15 is 0 Å². The quantitative estimate of drug-likeness (QED) is 0.869. The summed E-state index contributed by atoms with van der Waals surface area (Å²) in [5.74, 6) is 0.0436. The monoisotopic (exact) mass is 386 g/mol. The Bertz CT molecular complexity index is 804. The molecular formula is C21H25ClN3O2+. The van der Waals surface area contributed by atoms with Crippen LogP contribution in [0, 0.1) is 0 Å². The number of piperazine rings is 1. The van der Waals surface area contributed by atoms with Crippen LogP contribution in [0.3, 0.4) is 0 Å². The number of halogens is 1. The Morgan fingerprint density at radius 1 is 1.04 bits per heavy atom. The summed E-state index contributed by atoms with van der Waals surface area (Å²) in [6, 6.07) is 16.6. The molecule has 2 aromatic rings. The minimum atomic E-state index is -0.159. The van der Waals surface area contributed by atoms with Gasteiger partial charge in [-0.25, -0.2) is 0 Å². The summed E-state index contributed by atoms with van der Waals surface area (Å²) in [5, 5.41) is 0.477. The van der Waals surface area contributed by atoms with Gasteiger partial charge in [0.15, 0.2) is 6.04 Å². The molecular weight excluding hydrogens is 362 g/mol. The highest BCUT2D eigenvalue weighted by Crippen LogP contribution is 2.17. The maximum Gasteiger partial charge on any atom is 0.284 e. The minimum absolute atomic E-state index is 0.0416. The van der Waals surface area contributed by atoms with Crippen molar-refractivity contribution in [3.63, 3.8) is 0 Å². The van der Waals surface area contributed by atoms with Gasteiger partial charge >= 0.3 is 0 Å². The first-order valence-electron chi connectivity index (χ1n) is 9.20. The molecule has 1 aliphatic heterocycles. The molecule has 3 rings (SSSR count). The molecule has 0 unspecified atom stereocenters. The molecule has 1 N–H and O–H groups in total. The van der Waals surface area contributed by atoms with Gasteiger partial charge in [-0.15, -0.1) is 0 Å². The lowest BCUT2D eigenvalue weighted by Crippen LogP contribution is -3.19. The number of para-hydroxylation sites is 1. The summed E-state index contributed by atoms with van der Waals surface area (Å²) in [6.45, 7) is 4.68. The summed E-state index contributed by atoms with van der Waals surface area (Å²) in [7, 11) is 1.81. The maximum atomic E-state index is 12.8. The molecule has 5 nitrogen and oxygen atoms in total. The third-order valence-corrected chi connectivity index (χ3v) is 5.58. The predicted octanol–water partition coefficient (Wildman–Crippen LogP) is 1.73. The highest BCUT2D eigenvalue weighted by atomic mass is 35.5. The highest BCUT2D eigenvalue weighted by Gasteiger charge is 2.33. The third-order valence-electron chi connectivity index (χ3n) is 5.25. The van der Waals surface area contributed by atoms with Crippen LogP contribution >= 0.6 is 11.6 Å². The van der Waals surface area contributed by atoms with Gasteiger partial charge in [0.1, 0.15) is 0 Å². The van der Waals surface area contributed by atoms with E-state index in [1.54, 1.807) is 17.0 Å². The topological polar surface area (TPSA) is 45.1 Å². The van der Waals surface area contributed by atoms with Crippen LogP contribution in [0.4, 0.5) is 5.69 Å². The zero-order chi connectivity index (χ0) is 19.4. The van der Waals surface area contributed by atoms with E-state index in [2.05, 4.69) is 0 Å². The van der Waals surface area contributed by atoms with Crippen molar-refractivity contribution >= 4 is 29.1 Å². The second kappa shape index (κ2) is 8.55. The molecule has 27 heavy (non-hydrogen) atoms. The Kier molecular flexibility index (Phi) is 6.14. The lowest BCUT2D eigenvalue weighted by atomic mass is 10.1. The van der Waals surface area contributed by atoms with Gasteiger partial charge in [0, 0.05) is 12.7 Å². The number of nitrogens with one attached hydrogen (secondary N) is 1. The zero-order valence-corrected chi connectivity index (χ0v) is 16.4. The van der Waals surface area contributed by atoms with Crippen LogP contribution in [0.2, 0.25) is 5.02 Å². The summed E-state index contributed by atoms with van der Waals surface area (Å²) >= 11 is 6.15. The van der Waals surface area contributed by atoms with Crippen molar-refractivity contribution in [1.29, 1.82) is 0 Å². The van der Waals surface area contributed by atoms with E-state index < -0.39 is 0 Å². The molecule has 1 fully saturated rings. The van der Waals surface area contributed by atoms with Crippen molar-refractivity contribution in [3.05, 3.63) is 65.2 Å². The van der Waals surface area contributed by atoms with Crippen molar-refractivity contribution < 1.29 is 14.5 Å². The zero-order valence-electron chi connectivity index (χ0n) is 15.7. The number of nitrogens with zero attached hydrogens (tertiary/aromatic N) is 2. The van der Waals surface area contributed by atoms with Gasteiger partial charge in [0.2, 0.25) is 0 Å². The molecule has 1 saturated heterocycles. The highest BCUT2D eigenvalue weighted by molar-refractivity contribution is 6.33. The molecule has 142 valence electrons. The van der Waals surface area contributed by atoms with E-state index in [0.29, 0.717) is 23.7 Å². The summed E-state index contributed by atoms with van der Waals surface area (Å²) < 4.78 is 0. The normalized spacial score (nSPS) is 16.0. The molecule has 0 spiro atoms. The number of amides is 2.